The number of hydrogen-bond acceptors (Lipinski definition) is 5. The molecule has 1 amide bonds. The van der Waals surface area contributed by atoms with Gasteiger partial charge in [0, 0.05) is 13.0 Å². The topological polar surface area (TPSA) is 73.9 Å². The average molecular weight is 504 g/mol. The van der Waals surface area contributed by atoms with Crippen molar-refractivity contribution in [2.24, 2.45) is 0 Å². The van der Waals surface area contributed by atoms with Gasteiger partial charge in [-0.25, -0.2) is 4.79 Å². The first-order valence-electron chi connectivity index (χ1n) is 13.0. The van der Waals surface area contributed by atoms with Gasteiger partial charge >= 0.3 is 5.97 Å². The van der Waals surface area contributed by atoms with E-state index in [1.165, 1.54) is 32.8 Å². The maximum absolute atomic E-state index is 13.0. The number of ether oxygens (including phenoxy) is 3. The second kappa shape index (κ2) is 15.3. The fourth-order valence-corrected chi connectivity index (χ4v) is 3.91. The van der Waals surface area contributed by atoms with Crippen LogP contribution in [0.2, 0.25) is 0 Å². The van der Waals surface area contributed by atoms with E-state index in [1.807, 2.05) is 42.5 Å². The van der Waals surface area contributed by atoms with E-state index in [1.54, 1.807) is 30.3 Å². The van der Waals surface area contributed by atoms with Gasteiger partial charge in [0.2, 0.25) is 5.91 Å². The van der Waals surface area contributed by atoms with Gasteiger partial charge in [0.05, 0.1) is 7.11 Å². The number of methoxy groups -OCH3 is 1. The Morgan fingerprint density at radius 3 is 2.27 bits per heavy atom. The van der Waals surface area contributed by atoms with E-state index in [0.717, 1.165) is 24.0 Å². The van der Waals surface area contributed by atoms with Crippen molar-refractivity contribution < 1.29 is 23.8 Å². The second-order valence-electron chi connectivity index (χ2n) is 8.94. The minimum Gasteiger partial charge on any atom is -0.493 e. The third-order valence-corrected chi connectivity index (χ3v) is 6.02. The minimum absolute atomic E-state index is 0.0390. The van der Waals surface area contributed by atoms with Gasteiger partial charge in [-0.05, 0) is 41.8 Å². The van der Waals surface area contributed by atoms with Crippen molar-refractivity contribution in [1.29, 1.82) is 0 Å². The predicted molar refractivity (Wildman–Crippen MR) is 145 cm³/mol. The van der Waals surface area contributed by atoms with Crippen molar-refractivity contribution in [3.8, 4) is 17.2 Å². The number of carbonyl (C=O) groups is 2. The molecule has 0 aromatic heterocycles. The van der Waals surface area contributed by atoms with Crippen molar-refractivity contribution in [2.45, 2.75) is 65.0 Å². The monoisotopic (exact) mass is 503 g/mol. The van der Waals surface area contributed by atoms with Crippen LogP contribution in [0.3, 0.4) is 0 Å². The summed E-state index contributed by atoms with van der Waals surface area (Å²) in [5, 5.41) is 2.95. The molecule has 0 aliphatic rings. The quantitative estimate of drug-likeness (QED) is 0.139. The normalized spacial score (nSPS) is 10.5. The van der Waals surface area contributed by atoms with Crippen LogP contribution < -0.4 is 19.5 Å². The van der Waals surface area contributed by atoms with Gasteiger partial charge in [0.25, 0.3) is 0 Å². The van der Waals surface area contributed by atoms with Crippen LogP contribution in [0, 0.1) is 0 Å². The molecule has 196 valence electrons. The van der Waals surface area contributed by atoms with Crippen LogP contribution in [-0.2, 0) is 17.9 Å². The highest BCUT2D eigenvalue weighted by molar-refractivity contribution is 5.94. The number of esters is 1. The molecule has 37 heavy (non-hydrogen) atoms. The van der Waals surface area contributed by atoms with Crippen LogP contribution in [-0.4, -0.2) is 19.0 Å². The Bertz CT molecular complexity index is 1130. The van der Waals surface area contributed by atoms with Crippen LogP contribution in [0.4, 0.5) is 0 Å². The lowest BCUT2D eigenvalue weighted by atomic mass is 10.1. The highest BCUT2D eigenvalue weighted by atomic mass is 16.6. The Labute approximate surface area is 220 Å². The zero-order valence-electron chi connectivity index (χ0n) is 21.8. The zero-order chi connectivity index (χ0) is 26.3. The van der Waals surface area contributed by atoms with Crippen LogP contribution >= 0.6 is 0 Å². The molecule has 0 atom stereocenters. The maximum atomic E-state index is 13.0. The molecule has 0 fully saturated rings. The van der Waals surface area contributed by atoms with Crippen LogP contribution in [0.25, 0.3) is 0 Å². The average Bonchev–Trinajstić information content (AvgIpc) is 2.93. The summed E-state index contributed by atoms with van der Waals surface area (Å²) in [6.07, 6.45) is 7.42. The SMILES string of the molecule is CCCCCCCCC(=O)NCc1ccc(OC(=O)c2ccccc2OCc2ccccc2)c(OC)c1. The van der Waals surface area contributed by atoms with Crippen molar-refractivity contribution in [3.05, 3.63) is 89.5 Å². The van der Waals surface area contributed by atoms with E-state index < -0.39 is 5.97 Å². The molecule has 3 rings (SSSR count). The molecule has 0 saturated carbocycles. The Morgan fingerprint density at radius 2 is 1.49 bits per heavy atom. The number of hydrogen-bond donors (Lipinski definition) is 1. The van der Waals surface area contributed by atoms with Crippen molar-refractivity contribution >= 4 is 11.9 Å². The maximum Gasteiger partial charge on any atom is 0.347 e. The molecule has 6 nitrogen and oxygen atoms in total. The zero-order valence-corrected chi connectivity index (χ0v) is 21.8. The van der Waals surface area contributed by atoms with Gasteiger partial charge in [-0.1, -0.05) is 87.6 Å². The molecule has 0 spiro atoms. The summed E-state index contributed by atoms with van der Waals surface area (Å²) < 4.78 is 17.0. The number of carbonyl (C=O) groups excluding carboxylic acids is 2. The Morgan fingerprint density at radius 1 is 0.757 bits per heavy atom. The minimum atomic E-state index is -0.540. The molecule has 0 radical (unpaired) electrons. The van der Waals surface area contributed by atoms with Gasteiger partial charge in [0.15, 0.2) is 11.5 Å². The van der Waals surface area contributed by atoms with Crippen LogP contribution in [0.15, 0.2) is 72.8 Å². The molecular formula is C31H37NO5. The highest BCUT2D eigenvalue weighted by Crippen LogP contribution is 2.30. The van der Waals surface area contributed by atoms with Gasteiger partial charge in [-0.15, -0.1) is 0 Å². The summed E-state index contributed by atoms with van der Waals surface area (Å²) in [5.41, 5.74) is 2.19. The summed E-state index contributed by atoms with van der Waals surface area (Å²) in [7, 11) is 1.52. The fraction of sp³-hybridized carbons (Fsp3) is 0.355. The van der Waals surface area contributed by atoms with Gasteiger partial charge in [-0.3, -0.25) is 4.79 Å². The predicted octanol–water partition coefficient (Wildman–Crippen LogP) is 6.86. The number of nitrogens with one attached hydrogen (secondary N) is 1. The number of benzene rings is 3. The van der Waals surface area contributed by atoms with E-state index in [4.69, 9.17) is 14.2 Å². The molecule has 1 N–H and O–H groups in total. The summed E-state index contributed by atoms with van der Waals surface area (Å²) >= 11 is 0. The molecule has 0 aliphatic carbocycles. The largest absolute Gasteiger partial charge is 0.493 e. The molecule has 0 aliphatic heterocycles. The Hall–Kier alpha value is -3.80. The number of unbranched alkanes of at least 4 members (excludes halogenated alkanes) is 5. The molecule has 3 aromatic carbocycles. The van der Waals surface area contributed by atoms with E-state index in [9.17, 15) is 9.59 Å². The summed E-state index contributed by atoms with van der Waals surface area (Å²) in [6, 6.07) is 22.0. The third kappa shape index (κ3) is 9.30. The number of amides is 1. The van der Waals surface area contributed by atoms with E-state index in [2.05, 4.69) is 12.2 Å². The molecule has 0 heterocycles. The first kappa shape index (κ1) is 27.8. The lowest BCUT2D eigenvalue weighted by molar-refractivity contribution is -0.121. The van der Waals surface area contributed by atoms with E-state index in [0.29, 0.717) is 42.4 Å². The Kier molecular flexibility index (Phi) is 11.5. The standard InChI is InChI=1S/C31H37NO5/c1-3-4-5-6-7-11-18-30(33)32-22-25-19-20-28(29(21-25)35-2)37-31(34)26-16-12-13-17-27(26)36-23-24-14-9-8-10-15-24/h8-10,12-17,19-21H,3-7,11,18,22-23H2,1-2H3,(H,32,33). The van der Waals surface area contributed by atoms with Crippen LogP contribution in [0.5, 0.6) is 17.2 Å². The summed E-state index contributed by atoms with van der Waals surface area (Å²) in [6.45, 7) is 2.92. The van der Waals surface area contributed by atoms with Gasteiger partial charge in [0.1, 0.15) is 17.9 Å². The van der Waals surface area contributed by atoms with Gasteiger partial charge in [-0.2, -0.15) is 0 Å². The molecule has 0 unspecified atom stereocenters. The van der Waals surface area contributed by atoms with Crippen molar-refractivity contribution in [1.82, 2.24) is 5.32 Å². The lowest BCUT2D eigenvalue weighted by Gasteiger charge is -2.14. The van der Waals surface area contributed by atoms with Crippen LogP contribution in [0.1, 0.15) is 73.4 Å². The molecular weight excluding hydrogens is 466 g/mol. The smallest absolute Gasteiger partial charge is 0.347 e. The fourth-order valence-electron chi connectivity index (χ4n) is 3.91. The van der Waals surface area contributed by atoms with Crippen molar-refractivity contribution in [2.75, 3.05) is 7.11 Å². The number of rotatable bonds is 15. The van der Waals surface area contributed by atoms with E-state index >= 15 is 0 Å². The summed E-state index contributed by atoms with van der Waals surface area (Å²) in [5.74, 6) is 0.658. The first-order chi connectivity index (χ1) is 18.1. The third-order valence-electron chi connectivity index (χ3n) is 6.02. The Balaban J connectivity index is 1.54. The van der Waals surface area contributed by atoms with Gasteiger partial charge < -0.3 is 19.5 Å². The molecule has 0 saturated heterocycles. The van der Waals surface area contributed by atoms with Crippen molar-refractivity contribution in [3.63, 3.8) is 0 Å². The molecule has 0 bridgehead atoms. The molecule has 3 aromatic rings. The number of para-hydroxylation sites is 1. The van der Waals surface area contributed by atoms with E-state index in [-0.39, 0.29) is 5.91 Å². The molecule has 6 heteroatoms. The highest BCUT2D eigenvalue weighted by Gasteiger charge is 2.17. The second-order valence-corrected chi connectivity index (χ2v) is 8.94. The summed E-state index contributed by atoms with van der Waals surface area (Å²) in [4.78, 5) is 25.2. The first-order valence-corrected chi connectivity index (χ1v) is 13.0. The lowest BCUT2D eigenvalue weighted by Crippen LogP contribution is -2.22.